The van der Waals surface area contributed by atoms with Crippen LogP contribution >= 0.6 is 12.4 Å². The van der Waals surface area contributed by atoms with Gasteiger partial charge in [0.2, 0.25) is 0 Å². The van der Waals surface area contributed by atoms with Crippen LogP contribution in [0.1, 0.15) is 5.56 Å². The minimum Gasteiger partial charge on any atom is -0.399 e. The molecule has 1 aromatic carbocycles. The first-order chi connectivity index (χ1) is 7.98. The van der Waals surface area contributed by atoms with Crippen molar-refractivity contribution in [2.75, 3.05) is 36.8 Å². The van der Waals surface area contributed by atoms with Gasteiger partial charge in [0.05, 0.1) is 5.56 Å². The molecular weight excluding hydrogens is 267 g/mol. The Balaban J connectivity index is 0.00000162. The van der Waals surface area contributed by atoms with Gasteiger partial charge in [0.15, 0.2) is 0 Å². The Hall–Kier alpha value is -1.14. The van der Waals surface area contributed by atoms with Gasteiger partial charge in [0, 0.05) is 37.6 Å². The lowest BCUT2D eigenvalue weighted by Gasteiger charge is -2.31. The summed E-state index contributed by atoms with van der Waals surface area (Å²) in [6, 6.07) is 3.95. The van der Waals surface area contributed by atoms with Gasteiger partial charge in [-0.15, -0.1) is 12.4 Å². The zero-order valence-corrected chi connectivity index (χ0v) is 10.4. The Kier molecular flexibility index (Phi) is 4.70. The van der Waals surface area contributed by atoms with Crippen LogP contribution in [-0.2, 0) is 6.18 Å². The summed E-state index contributed by atoms with van der Waals surface area (Å²) >= 11 is 0. The molecular formula is C11H15ClF3N3. The number of benzene rings is 1. The van der Waals surface area contributed by atoms with E-state index < -0.39 is 11.7 Å². The molecule has 0 amide bonds. The van der Waals surface area contributed by atoms with E-state index in [4.69, 9.17) is 5.73 Å². The molecule has 0 aliphatic carbocycles. The third kappa shape index (κ3) is 3.20. The normalized spacial score (nSPS) is 16.3. The third-order valence-electron chi connectivity index (χ3n) is 2.78. The monoisotopic (exact) mass is 281 g/mol. The summed E-state index contributed by atoms with van der Waals surface area (Å²) in [7, 11) is 0. The summed E-state index contributed by atoms with van der Waals surface area (Å²) in [6.45, 7) is 2.54. The maximum atomic E-state index is 12.9. The molecule has 1 saturated heterocycles. The topological polar surface area (TPSA) is 41.3 Å². The van der Waals surface area contributed by atoms with Crippen molar-refractivity contribution in [3.05, 3.63) is 23.8 Å². The van der Waals surface area contributed by atoms with Crippen LogP contribution in [0.15, 0.2) is 18.2 Å². The first-order valence-corrected chi connectivity index (χ1v) is 5.41. The second kappa shape index (κ2) is 5.67. The predicted molar refractivity (Wildman–Crippen MR) is 68.2 cm³/mol. The lowest BCUT2D eigenvalue weighted by Crippen LogP contribution is -2.44. The minimum absolute atomic E-state index is 0. The highest BCUT2D eigenvalue weighted by molar-refractivity contribution is 5.85. The molecule has 0 unspecified atom stereocenters. The van der Waals surface area contributed by atoms with Crippen molar-refractivity contribution < 1.29 is 13.2 Å². The Labute approximate surface area is 110 Å². The molecule has 1 fully saturated rings. The van der Waals surface area contributed by atoms with Gasteiger partial charge in [-0.2, -0.15) is 13.2 Å². The van der Waals surface area contributed by atoms with Gasteiger partial charge >= 0.3 is 6.18 Å². The van der Waals surface area contributed by atoms with E-state index in [9.17, 15) is 13.2 Å². The third-order valence-corrected chi connectivity index (χ3v) is 2.78. The minimum atomic E-state index is -4.37. The van der Waals surface area contributed by atoms with Crippen molar-refractivity contribution in [3.63, 3.8) is 0 Å². The molecule has 0 radical (unpaired) electrons. The van der Waals surface area contributed by atoms with Crippen LogP contribution in [-0.4, -0.2) is 26.2 Å². The van der Waals surface area contributed by atoms with E-state index in [1.807, 2.05) is 0 Å². The quantitative estimate of drug-likeness (QED) is 0.775. The zero-order valence-electron chi connectivity index (χ0n) is 9.63. The van der Waals surface area contributed by atoms with Crippen molar-refractivity contribution >= 4 is 23.8 Å². The molecule has 7 heteroatoms. The molecule has 1 aliphatic heterocycles. The van der Waals surface area contributed by atoms with Crippen molar-refractivity contribution in [1.29, 1.82) is 0 Å². The number of anilines is 2. The summed E-state index contributed by atoms with van der Waals surface area (Å²) in [5.41, 5.74) is 5.12. The first kappa shape index (κ1) is 14.9. The number of rotatable bonds is 1. The average Bonchev–Trinajstić information content (AvgIpc) is 2.29. The highest BCUT2D eigenvalue weighted by Crippen LogP contribution is 2.37. The first-order valence-electron chi connectivity index (χ1n) is 5.41. The van der Waals surface area contributed by atoms with Crippen LogP contribution in [0.4, 0.5) is 24.5 Å². The number of nitrogens with zero attached hydrogens (tertiary/aromatic N) is 1. The fraction of sp³-hybridized carbons (Fsp3) is 0.455. The number of piperazine rings is 1. The van der Waals surface area contributed by atoms with Gasteiger partial charge in [0.25, 0.3) is 0 Å². The standard InChI is InChI=1S/C11H14F3N3.ClH/c12-11(13,14)9-7-8(15)1-2-10(9)17-5-3-16-4-6-17;/h1-2,7,16H,3-6,15H2;1H. The summed E-state index contributed by atoms with van der Waals surface area (Å²) in [4.78, 5) is 1.73. The maximum Gasteiger partial charge on any atom is 0.418 e. The molecule has 0 saturated carbocycles. The molecule has 0 aromatic heterocycles. The molecule has 0 spiro atoms. The van der Waals surface area contributed by atoms with Gasteiger partial charge in [-0.1, -0.05) is 0 Å². The number of hydrogen-bond acceptors (Lipinski definition) is 3. The smallest absolute Gasteiger partial charge is 0.399 e. The number of alkyl halides is 3. The van der Waals surface area contributed by atoms with E-state index in [2.05, 4.69) is 5.32 Å². The van der Waals surface area contributed by atoms with Crippen LogP contribution in [0.25, 0.3) is 0 Å². The lowest BCUT2D eigenvalue weighted by atomic mass is 10.1. The van der Waals surface area contributed by atoms with E-state index in [0.717, 1.165) is 6.07 Å². The molecule has 3 N–H and O–H groups in total. The Morgan fingerprint density at radius 3 is 2.33 bits per heavy atom. The molecule has 0 bridgehead atoms. The van der Waals surface area contributed by atoms with Crippen molar-refractivity contribution in [1.82, 2.24) is 5.32 Å². The molecule has 3 nitrogen and oxygen atoms in total. The summed E-state index contributed by atoms with van der Waals surface area (Å²) < 4.78 is 38.7. The van der Waals surface area contributed by atoms with E-state index in [-0.39, 0.29) is 23.8 Å². The molecule has 0 atom stereocenters. The van der Waals surface area contributed by atoms with Gasteiger partial charge in [-0.25, -0.2) is 0 Å². The summed E-state index contributed by atoms with van der Waals surface area (Å²) in [6.07, 6.45) is -4.37. The lowest BCUT2D eigenvalue weighted by molar-refractivity contribution is -0.137. The largest absolute Gasteiger partial charge is 0.418 e. The highest BCUT2D eigenvalue weighted by Gasteiger charge is 2.35. The van der Waals surface area contributed by atoms with Gasteiger partial charge in [-0.3, -0.25) is 0 Å². The molecule has 1 heterocycles. The van der Waals surface area contributed by atoms with Crippen LogP contribution in [0.5, 0.6) is 0 Å². The fourth-order valence-electron chi connectivity index (χ4n) is 1.96. The van der Waals surface area contributed by atoms with Crippen LogP contribution < -0.4 is 16.0 Å². The molecule has 2 rings (SSSR count). The van der Waals surface area contributed by atoms with Crippen molar-refractivity contribution in [3.8, 4) is 0 Å². The zero-order chi connectivity index (χ0) is 12.5. The second-order valence-corrected chi connectivity index (χ2v) is 4.01. The van der Waals surface area contributed by atoms with E-state index in [1.54, 1.807) is 4.90 Å². The van der Waals surface area contributed by atoms with Crippen molar-refractivity contribution in [2.24, 2.45) is 0 Å². The predicted octanol–water partition coefficient (Wildman–Crippen LogP) is 2.12. The Morgan fingerprint density at radius 2 is 1.78 bits per heavy atom. The van der Waals surface area contributed by atoms with Crippen LogP contribution in [0.3, 0.4) is 0 Å². The SMILES string of the molecule is Cl.Nc1ccc(N2CCNCC2)c(C(F)(F)F)c1. The van der Waals surface area contributed by atoms with Gasteiger partial charge < -0.3 is 16.0 Å². The average molecular weight is 282 g/mol. The summed E-state index contributed by atoms with van der Waals surface area (Å²) in [5, 5.41) is 3.11. The van der Waals surface area contributed by atoms with E-state index in [1.165, 1.54) is 12.1 Å². The summed E-state index contributed by atoms with van der Waals surface area (Å²) in [5.74, 6) is 0. The Bertz CT molecular complexity index is 403. The van der Waals surface area contributed by atoms with Crippen LogP contribution in [0, 0.1) is 0 Å². The Morgan fingerprint density at radius 1 is 1.17 bits per heavy atom. The maximum absolute atomic E-state index is 12.9. The van der Waals surface area contributed by atoms with Gasteiger partial charge in [0.1, 0.15) is 0 Å². The van der Waals surface area contributed by atoms with E-state index >= 15 is 0 Å². The fourth-order valence-corrected chi connectivity index (χ4v) is 1.96. The molecule has 18 heavy (non-hydrogen) atoms. The molecule has 102 valence electrons. The second-order valence-electron chi connectivity index (χ2n) is 4.01. The number of nitrogens with two attached hydrogens (primary N) is 1. The number of hydrogen-bond donors (Lipinski definition) is 2. The number of nitrogens with one attached hydrogen (secondary N) is 1. The van der Waals surface area contributed by atoms with Crippen molar-refractivity contribution in [2.45, 2.75) is 6.18 Å². The molecule has 1 aromatic rings. The highest BCUT2D eigenvalue weighted by atomic mass is 35.5. The number of halogens is 4. The van der Waals surface area contributed by atoms with Gasteiger partial charge in [-0.05, 0) is 18.2 Å². The molecule has 1 aliphatic rings. The number of nitrogen functional groups attached to an aromatic ring is 1. The van der Waals surface area contributed by atoms with Crippen LogP contribution in [0.2, 0.25) is 0 Å². The van der Waals surface area contributed by atoms with E-state index in [0.29, 0.717) is 26.2 Å².